The molecule has 0 amide bonds. The van der Waals surface area contributed by atoms with E-state index in [0.717, 1.165) is 16.8 Å². The quantitative estimate of drug-likeness (QED) is 0.800. The number of hydrogen-bond acceptors (Lipinski definition) is 3. The van der Waals surface area contributed by atoms with E-state index >= 15 is 0 Å². The maximum absolute atomic E-state index is 6.02. The highest BCUT2D eigenvalue weighted by Crippen LogP contribution is 2.21. The summed E-state index contributed by atoms with van der Waals surface area (Å²) in [6.07, 6.45) is 0. The van der Waals surface area contributed by atoms with Crippen molar-refractivity contribution in [3.63, 3.8) is 0 Å². The number of para-hydroxylation sites is 1. The summed E-state index contributed by atoms with van der Waals surface area (Å²) < 4.78 is 7.58. The second-order valence-electron chi connectivity index (χ2n) is 4.42. The fourth-order valence-electron chi connectivity index (χ4n) is 2.12. The summed E-state index contributed by atoms with van der Waals surface area (Å²) in [6, 6.07) is 15.2. The summed E-state index contributed by atoms with van der Waals surface area (Å²) in [7, 11) is 0. The third-order valence-electron chi connectivity index (χ3n) is 3.07. The fraction of sp³-hybridized carbons (Fsp3) is 0.133. The number of fused-ring (bicyclic) bond motifs is 1. The first-order chi connectivity index (χ1) is 9.74. The first-order valence-electron chi connectivity index (χ1n) is 6.33. The van der Waals surface area contributed by atoms with Gasteiger partial charge in [-0.1, -0.05) is 29.8 Å². The maximum atomic E-state index is 6.02. The number of benzene rings is 2. The number of nitrogens with two attached hydrogens (primary N) is 1. The molecule has 0 unspecified atom stereocenters. The predicted octanol–water partition coefficient (Wildman–Crippen LogP) is 3.35. The number of ether oxygens (including phenoxy) is 1. The van der Waals surface area contributed by atoms with Gasteiger partial charge >= 0.3 is 0 Å². The molecule has 2 aromatic carbocycles. The molecule has 0 fully saturated rings. The Bertz CT molecular complexity index is 725. The Balaban J connectivity index is 1.77. The van der Waals surface area contributed by atoms with E-state index in [4.69, 9.17) is 22.1 Å². The van der Waals surface area contributed by atoms with Gasteiger partial charge in [0.15, 0.2) is 0 Å². The van der Waals surface area contributed by atoms with Gasteiger partial charge in [0.1, 0.15) is 12.4 Å². The van der Waals surface area contributed by atoms with Crippen LogP contribution in [0.15, 0.2) is 48.5 Å². The molecule has 102 valence electrons. The smallest absolute Gasteiger partial charge is 0.201 e. The van der Waals surface area contributed by atoms with Crippen LogP contribution < -0.4 is 10.5 Å². The minimum absolute atomic E-state index is 0.471. The molecule has 2 N–H and O–H groups in total. The van der Waals surface area contributed by atoms with E-state index in [-0.39, 0.29) is 0 Å². The lowest BCUT2D eigenvalue weighted by Crippen LogP contribution is -2.10. The maximum Gasteiger partial charge on any atom is 0.201 e. The molecule has 0 aliphatic carbocycles. The molecule has 20 heavy (non-hydrogen) atoms. The second kappa shape index (κ2) is 5.43. The van der Waals surface area contributed by atoms with Gasteiger partial charge in [-0.05, 0) is 30.3 Å². The summed E-state index contributed by atoms with van der Waals surface area (Å²) in [6.45, 7) is 1.14. The monoisotopic (exact) mass is 287 g/mol. The van der Waals surface area contributed by atoms with Crippen molar-refractivity contribution in [3.05, 3.63) is 53.6 Å². The molecular weight excluding hydrogens is 274 g/mol. The van der Waals surface area contributed by atoms with E-state index in [1.165, 1.54) is 0 Å². The van der Waals surface area contributed by atoms with Crippen LogP contribution in [-0.4, -0.2) is 16.2 Å². The lowest BCUT2D eigenvalue weighted by atomic mass is 10.3. The number of imidazole rings is 1. The molecule has 5 heteroatoms. The number of halogens is 1. The van der Waals surface area contributed by atoms with Gasteiger partial charge in [0.25, 0.3) is 0 Å². The topological polar surface area (TPSA) is 53.1 Å². The third kappa shape index (κ3) is 2.56. The molecule has 0 atom stereocenters. The van der Waals surface area contributed by atoms with Gasteiger partial charge in [0.2, 0.25) is 5.95 Å². The average molecular weight is 288 g/mol. The van der Waals surface area contributed by atoms with Gasteiger partial charge in [-0.2, -0.15) is 0 Å². The van der Waals surface area contributed by atoms with Crippen LogP contribution >= 0.6 is 11.6 Å². The molecule has 0 radical (unpaired) electrons. The standard InChI is InChI=1S/C15H14ClN3O/c16-11-6-7-13-14(10-11)19(15(17)18-13)8-9-20-12-4-2-1-3-5-12/h1-7,10H,8-9H2,(H2,17,18). The second-order valence-corrected chi connectivity index (χ2v) is 4.85. The number of aromatic nitrogens is 2. The Hall–Kier alpha value is -2.20. The van der Waals surface area contributed by atoms with Crippen molar-refractivity contribution in [2.24, 2.45) is 0 Å². The van der Waals surface area contributed by atoms with E-state index in [0.29, 0.717) is 24.1 Å². The first kappa shape index (κ1) is 12.8. The molecule has 0 aliphatic rings. The SMILES string of the molecule is Nc1nc2ccc(Cl)cc2n1CCOc1ccccc1. The van der Waals surface area contributed by atoms with Crippen molar-refractivity contribution in [1.29, 1.82) is 0 Å². The highest BCUT2D eigenvalue weighted by Gasteiger charge is 2.08. The van der Waals surface area contributed by atoms with Gasteiger partial charge in [0.05, 0.1) is 17.6 Å². The number of nitrogens with zero attached hydrogens (tertiary/aromatic N) is 2. The lowest BCUT2D eigenvalue weighted by Gasteiger charge is -2.08. The molecule has 0 saturated heterocycles. The Labute approximate surface area is 121 Å². The number of anilines is 1. The Kier molecular flexibility index (Phi) is 3.48. The van der Waals surface area contributed by atoms with Gasteiger partial charge in [-0.15, -0.1) is 0 Å². The number of nitrogen functional groups attached to an aromatic ring is 1. The van der Waals surface area contributed by atoms with Gasteiger partial charge in [-0.25, -0.2) is 4.98 Å². The molecule has 0 bridgehead atoms. The summed E-state index contributed by atoms with van der Waals surface area (Å²) >= 11 is 6.02. The van der Waals surface area contributed by atoms with Crippen LogP contribution in [0.25, 0.3) is 11.0 Å². The zero-order valence-corrected chi connectivity index (χ0v) is 11.5. The van der Waals surface area contributed by atoms with E-state index < -0.39 is 0 Å². The van der Waals surface area contributed by atoms with Gasteiger partial charge in [-0.3, -0.25) is 0 Å². The van der Waals surface area contributed by atoms with Crippen LogP contribution in [0.5, 0.6) is 5.75 Å². The van der Waals surface area contributed by atoms with E-state index in [1.54, 1.807) is 6.07 Å². The molecule has 0 aliphatic heterocycles. The molecule has 1 aromatic heterocycles. The summed E-state index contributed by atoms with van der Waals surface area (Å²) in [5.74, 6) is 1.31. The Morgan fingerprint density at radius 2 is 1.95 bits per heavy atom. The van der Waals surface area contributed by atoms with Crippen molar-refractivity contribution in [2.45, 2.75) is 6.54 Å². The molecular formula is C15H14ClN3O. The van der Waals surface area contributed by atoms with Crippen LogP contribution in [0.4, 0.5) is 5.95 Å². The van der Waals surface area contributed by atoms with Crippen LogP contribution in [0.3, 0.4) is 0 Å². The van der Waals surface area contributed by atoms with Crippen molar-refractivity contribution in [2.75, 3.05) is 12.3 Å². The molecule has 3 aromatic rings. The van der Waals surface area contributed by atoms with E-state index in [2.05, 4.69) is 4.98 Å². The van der Waals surface area contributed by atoms with Gasteiger partial charge in [0, 0.05) is 5.02 Å². The fourth-order valence-corrected chi connectivity index (χ4v) is 2.29. The average Bonchev–Trinajstić information content (AvgIpc) is 2.76. The van der Waals surface area contributed by atoms with Crippen LogP contribution in [0.2, 0.25) is 5.02 Å². The largest absolute Gasteiger partial charge is 0.492 e. The highest BCUT2D eigenvalue weighted by atomic mass is 35.5. The van der Waals surface area contributed by atoms with Crippen LogP contribution in [0, 0.1) is 0 Å². The zero-order chi connectivity index (χ0) is 13.9. The van der Waals surface area contributed by atoms with Crippen LogP contribution in [0.1, 0.15) is 0 Å². The Morgan fingerprint density at radius 1 is 1.15 bits per heavy atom. The van der Waals surface area contributed by atoms with E-state index in [1.807, 2.05) is 47.0 Å². The highest BCUT2D eigenvalue weighted by molar-refractivity contribution is 6.31. The van der Waals surface area contributed by atoms with Crippen molar-refractivity contribution < 1.29 is 4.74 Å². The molecule has 0 saturated carbocycles. The zero-order valence-electron chi connectivity index (χ0n) is 10.8. The number of hydrogen-bond donors (Lipinski definition) is 1. The molecule has 0 spiro atoms. The van der Waals surface area contributed by atoms with Crippen LogP contribution in [-0.2, 0) is 6.54 Å². The predicted molar refractivity (Wildman–Crippen MR) is 81.1 cm³/mol. The normalized spacial score (nSPS) is 10.8. The van der Waals surface area contributed by atoms with Crippen molar-refractivity contribution >= 4 is 28.6 Å². The summed E-state index contributed by atoms with van der Waals surface area (Å²) in [4.78, 5) is 4.31. The Morgan fingerprint density at radius 3 is 2.75 bits per heavy atom. The first-order valence-corrected chi connectivity index (χ1v) is 6.71. The minimum atomic E-state index is 0.471. The summed E-state index contributed by atoms with van der Waals surface area (Å²) in [5, 5.41) is 0.669. The minimum Gasteiger partial charge on any atom is -0.492 e. The molecule has 1 heterocycles. The molecule has 3 rings (SSSR count). The third-order valence-corrected chi connectivity index (χ3v) is 3.30. The lowest BCUT2D eigenvalue weighted by molar-refractivity contribution is 0.301. The van der Waals surface area contributed by atoms with Gasteiger partial charge < -0.3 is 15.0 Å². The number of rotatable bonds is 4. The summed E-state index contributed by atoms with van der Waals surface area (Å²) in [5.41, 5.74) is 7.70. The van der Waals surface area contributed by atoms with E-state index in [9.17, 15) is 0 Å². The van der Waals surface area contributed by atoms with Crippen molar-refractivity contribution in [1.82, 2.24) is 9.55 Å². The molecule has 4 nitrogen and oxygen atoms in total. The van der Waals surface area contributed by atoms with Crippen molar-refractivity contribution in [3.8, 4) is 5.75 Å².